The van der Waals surface area contributed by atoms with E-state index in [4.69, 9.17) is 0 Å². The van der Waals surface area contributed by atoms with Crippen LogP contribution < -0.4 is 10.9 Å². The van der Waals surface area contributed by atoms with Crippen LogP contribution in [0.25, 0.3) is 21.5 Å². The van der Waals surface area contributed by atoms with Crippen molar-refractivity contribution in [3.8, 4) is 11.3 Å². The predicted octanol–water partition coefficient (Wildman–Crippen LogP) is 3.68. The fourth-order valence-electron chi connectivity index (χ4n) is 2.65. The standard InChI is InChI=1S/C18H14N4O2S2/c1-10-13-16(19-9-22(2)17(13)24)26-14(10)15(23)21-18-20-12(8-25-18)11-6-4-3-5-7-11/h3-9H,1-2H3,(H,20,21,23). The monoisotopic (exact) mass is 382 g/mol. The maximum atomic E-state index is 12.7. The van der Waals surface area contributed by atoms with Crippen molar-refractivity contribution in [3.63, 3.8) is 0 Å². The van der Waals surface area contributed by atoms with Gasteiger partial charge in [-0.2, -0.15) is 0 Å². The largest absolute Gasteiger partial charge is 0.302 e. The van der Waals surface area contributed by atoms with Crippen LogP contribution in [0.4, 0.5) is 5.13 Å². The van der Waals surface area contributed by atoms with E-state index in [0.29, 0.717) is 25.8 Å². The molecule has 0 spiro atoms. The van der Waals surface area contributed by atoms with Crippen molar-refractivity contribution in [1.29, 1.82) is 0 Å². The number of carbonyl (C=O) groups is 1. The summed E-state index contributed by atoms with van der Waals surface area (Å²) in [5.74, 6) is -0.276. The average molecular weight is 382 g/mol. The first-order valence-corrected chi connectivity index (χ1v) is 9.51. The van der Waals surface area contributed by atoms with Gasteiger partial charge in [-0.3, -0.25) is 14.9 Å². The van der Waals surface area contributed by atoms with Crippen LogP contribution in [-0.4, -0.2) is 20.4 Å². The molecule has 0 bridgehead atoms. The van der Waals surface area contributed by atoms with E-state index in [9.17, 15) is 9.59 Å². The van der Waals surface area contributed by atoms with E-state index in [1.54, 1.807) is 14.0 Å². The first kappa shape index (κ1) is 16.6. The Kier molecular flexibility index (Phi) is 4.14. The number of nitrogens with one attached hydrogen (secondary N) is 1. The van der Waals surface area contributed by atoms with Gasteiger partial charge in [0.1, 0.15) is 4.83 Å². The van der Waals surface area contributed by atoms with Crippen LogP contribution >= 0.6 is 22.7 Å². The molecule has 3 heterocycles. The van der Waals surface area contributed by atoms with Gasteiger partial charge in [-0.05, 0) is 12.5 Å². The van der Waals surface area contributed by atoms with E-state index in [1.807, 2.05) is 35.7 Å². The number of benzene rings is 1. The summed E-state index contributed by atoms with van der Waals surface area (Å²) in [4.78, 5) is 34.7. The van der Waals surface area contributed by atoms with Gasteiger partial charge in [-0.15, -0.1) is 22.7 Å². The summed E-state index contributed by atoms with van der Waals surface area (Å²) in [5.41, 5.74) is 2.31. The maximum absolute atomic E-state index is 12.7. The van der Waals surface area contributed by atoms with Gasteiger partial charge in [-0.1, -0.05) is 30.3 Å². The summed E-state index contributed by atoms with van der Waals surface area (Å²) in [6.07, 6.45) is 1.47. The Morgan fingerprint density at radius 2 is 2.00 bits per heavy atom. The van der Waals surface area contributed by atoms with E-state index in [1.165, 1.54) is 33.6 Å². The van der Waals surface area contributed by atoms with Gasteiger partial charge in [0.25, 0.3) is 11.5 Å². The summed E-state index contributed by atoms with van der Waals surface area (Å²) in [6, 6.07) is 9.78. The number of amides is 1. The molecule has 0 saturated carbocycles. The molecule has 130 valence electrons. The number of carbonyl (C=O) groups excluding carboxylic acids is 1. The molecule has 8 heteroatoms. The molecular weight excluding hydrogens is 368 g/mol. The molecule has 6 nitrogen and oxygen atoms in total. The van der Waals surface area contributed by atoms with E-state index in [-0.39, 0.29) is 11.5 Å². The quantitative estimate of drug-likeness (QED) is 0.586. The molecule has 26 heavy (non-hydrogen) atoms. The third-order valence-electron chi connectivity index (χ3n) is 4.01. The molecule has 0 aliphatic carbocycles. The molecular formula is C18H14N4O2S2. The lowest BCUT2D eigenvalue weighted by molar-refractivity contribution is 0.103. The van der Waals surface area contributed by atoms with Gasteiger partial charge in [0, 0.05) is 18.0 Å². The number of fused-ring (bicyclic) bond motifs is 1. The van der Waals surface area contributed by atoms with Crippen molar-refractivity contribution in [2.24, 2.45) is 7.05 Å². The van der Waals surface area contributed by atoms with Crippen molar-refractivity contribution in [2.45, 2.75) is 6.92 Å². The van der Waals surface area contributed by atoms with Crippen molar-refractivity contribution in [2.75, 3.05) is 5.32 Å². The molecule has 4 rings (SSSR count). The molecule has 0 aliphatic rings. The molecule has 4 aromatic rings. The zero-order chi connectivity index (χ0) is 18.3. The highest BCUT2D eigenvalue weighted by molar-refractivity contribution is 7.21. The van der Waals surface area contributed by atoms with Crippen molar-refractivity contribution in [1.82, 2.24) is 14.5 Å². The van der Waals surface area contributed by atoms with Gasteiger partial charge in [0.15, 0.2) is 5.13 Å². The number of aromatic nitrogens is 3. The molecule has 1 N–H and O–H groups in total. The Labute approximate surface area is 156 Å². The van der Waals surface area contributed by atoms with Crippen molar-refractivity contribution >= 4 is 43.9 Å². The van der Waals surface area contributed by atoms with Crippen LogP contribution in [-0.2, 0) is 7.05 Å². The highest BCUT2D eigenvalue weighted by atomic mass is 32.1. The van der Waals surface area contributed by atoms with E-state index in [2.05, 4.69) is 15.3 Å². The molecule has 0 radical (unpaired) electrons. The fourth-order valence-corrected chi connectivity index (χ4v) is 4.40. The Bertz CT molecular complexity index is 1180. The van der Waals surface area contributed by atoms with Crippen LogP contribution in [0.3, 0.4) is 0 Å². The molecule has 0 aliphatic heterocycles. The number of hydrogen-bond donors (Lipinski definition) is 1. The second kappa shape index (κ2) is 6.47. The van der Waals surface area contributed by atoms with Crippen LogP contribution in [0.5, 0.6) is 0 Å². The van der Waals surface area contributed by atoms with Gasteiger partial charge >= 0.3 is 0 Å². The minimum absolute atomic E-state index is 0.150. The van der Waals surface area contributed by atoms with Crippen molar-refractivity contribution < 1.29 is 4.79 Å². The third-order valence-corrected chi connectivity index (χ3v) is 5.97. The molecule has 0 saturated heterocycles. The number of anilines is 1. The zero-order valence-electron chi connectivity index (χ0n) is 14.0. The minimum Gasteiger partial charge on any atom is -0.302 e. The van der Waals surface area contributed by atoms with Crippen LogP contribution in [0, 0.1) is 6.92 Å². The Balaban J connectivity index is 1.64. The summed E-state index contributed by atoms with van der Waals surface area (Å²) in [7, 11) is 1.65. The van der Waals surface area contributed by atoms with Gasteiger partial charge in [0.2, 0.25) is 0 Å². The average Bonchev–Trinajstić information content (AvgIpc) is 3.24. The summed E-state index contributed by atoms with van der Waals surface area (Å²) in [5, 5.41) is 5.74. The lowest BCUT2D eigenvalue weighted by Crippen LogP contribution is -2.17. The summed E-state index contributed by atoms with van der Waals surface area (Å²) >= 11 is 2.58. The maximum Gasteiger partial charge on any atom is 0.267 e. The second-order valence-electron chi connectivity index (χ2n) is 5.76. The molecule has 0 fully saturated rings. The first-order chi connectivity index (χ1) is 12.5. The van der Waals surface area contributed by atoms with Crippen molar-refractivity contribution in [3.05, 3.63) is 62.8 Å². The number of aryl methyl sites for hydroxylation is 2. The van der Waals surface area contributed by atoms with E-state index in [0.717, 1.165) is 11.3 Å². The van der Waals surface area contributed by atoms with Gasteiger partial charge in [0.05, 0.1) is 22.3 Å². The SMILES string of the molecule is Cc1c(C(=O)Nc2nc(-c3ccccc3)cs2)sc2ncn(C)c(=O)c12. The molecule has 3 aromatic heterocycles. The number of rotatable bonds is 3. The van der Waals surface area contributed by atoms with Crippen LogP contribution in [0.1, 0.15) is 15.2 Å². The lowest BCUT2D eigenvalue weighted by atomic mass is 10.2. The molecule has 1 aromatic carbocycles. The Morgan fingerprint density at radius 1 is 1.23 bits per heavy atom. The van der Waals surface area contributed by atoms with Gasteiger partial charge < -0.3 is 4.57 Å². The topological polar surface area (TPSA) is 76.9 Å². The lowest BCUT2D eigenvalue weighted by Gasteiger charge is -2.00. The number of thiazole rings is 1. The van der Waals surface area contributed by atoms with E-state index < -0.39 is 0 Å². The molecule has 0 atom stereocenters. The fraction of sp³-hybridized carbons (Fsp3) is 0.111. The Hall–Kier alpha value is -2.84. The second-order valence-corrected chi connectivity index (χ2v) is 7.61. The normalized spacial score (nSPS) is 11.0. The first-order valence-electron chi connectivity index (χ1n) is 7.81. The third kappa shape index (κ3) is 2.83. The smallest absolute Gasteiger partial charge is 0.267 e. The number of nitrogens with zero attached hydrogens (tertiary/aromatic N) is 3. The highest BCUT2D eigenvalue weighted by Gasteiger charge is 2.20. The minimum atomic E-state index is -0.276. The highest BCUT2D eigenvalue weighted by Crippen LogP contribution is 2.29. The zero-order valence-corrected chi connectivity index (χ0v) is 15.6. The molecule has 1 amide bonds. The number of hydrogen-bond acceptors (Lipinski definition) is 6. The van der Waals surface area contributed by atoms with Gasteiger partial charge in [-0.25, -0.2) is 9.97 Å². The Morgan fingerprint density at radius 3 is 2.77 bits per heavy atom. The summed E-state index contributed by atoms with van der Waals surface area (Å²) in [6.45, 7) is 1.77. The predicted molar refractivity (Wildman–Crippen MR) is 105 cm³/mol. The van der Waals surface area contributed by atoms with Crippen LogP contribution in [0.2, 0.25) is 0 Å². The van der Waals surface area contributed by atoms with Crippen LogP contribution in [0.15, 0.2) is 46.8 Å². The number of thiophene rings is 1. The van der Waals surface area contributed by atoms with E-state index >= 15 is 0 Å². The summed E-state index contributed by atoms with van der Waals surface area (Å²) < 4.78 is 1.41. The molecule has 0 unspecified atom stereocenters.